The van der Waals surface area contributed by atoms with Crippen LogP contribution in [0.5, 0.6) is 0 Å². The van der Waals surface area contributed by atoms with Crippen LogP contribution >= 0.6 is 0 Å². The van der Waals surface area contributed by atoms with Gasteiger partial charge in [0.15, 0.2) is 0 Å². The standard InChI is InChI=1S/C13H26N2O3/c1-6-18-10-7-13(9-16,12(10,2)3)14-11(17)8-15(4)5/h10,16H,6-9H2,1-5H3,(H,14,17)/t10-,13+/m1/s1. The van der Waals surface area contributed by atoms with Crippen LogP contribution in [-0.4, -0.2) is 61.4 Å². The summed E-state index contributed by atoms with van der Waals surface area (Å²) in [5.74, 6) is -0.0583. The number of hydrogen-bond donors (Lipinski definition) is 2. The molecule has 0 aromatic heterocycles. The Bertz CT molecular complexity index is 305. The van der Waals surface area contributed by atoms with Gasteiger partial charge in [0.05, 0.1) is 24.8 Å². The Morgan fingerprint density at radius 1 is 1.50 bits per heavy atom. The van der Waals surface area contributed by atoms with E-state index in [0.29, 0.717) is 19.6 Å². The lowest BCUT2D eigenvalue weighted by Crippen LogP contribution is -2.74. The largest absolute Gasteiger partial charge is 0.394 e. The second kappa shape index (κ2) is 5.55. The van der Waals surface area contributed by atoms with E-state index in [1.165, 1.54) is 0 Å². The molecule has 1 fully saturated rings. The zero-order valence-electron chi connectivity index (χ0n) is 12.1. The van der Waals surface area contributed by atoms with Crippen molar-refractivity contribution in [2.75, 3.05) is 33.9 Å². The van der Waals surface area contributed by atoms with Gasteiger partial charge in [-0.15, -0.1) is 0 Å². The highest BCUT2D eigenvalue weighted by atomic mass is 16.5. The van der Waals surface area contributed by atoms with Crippen LogP contribution in [0.1, 0.15) is 27.2 Å². The molecule has 0 bridgehead atoms. The van der Waals surface area contributed by atoms with E-state index in [-0.39, 0.29) is 24.0 Å². The molecule has 0 aliphatic heterocycles. The zero-order valence-corrected chi connectivity index (χ0v) is 12.1. The van der Waals surface area contributed by atoms with Crippen LogP contribution in [0.4, 0.5) is 0 Å². The molecular formula is C13H26N2O3. The van der Waals surface area contributed by atoms with Gasteiger partial charge in [0.2, 0.25) is 5.91 Å². The van der Waals surface area contributed by atoms with Crippen molar-refractivity contribution >= 4 is 5.91 Å². The summed E-state index contributed by atoms with van der Waals surface area (Å²) in [5, 5.41) is 12.6. The molecule has 106 valence electrons. The molecule has 0 aromatic rings. The van der Waals surface area contributed by atoms with Crippen molar-refractivity contribution in [2.24, 2.45) is 5.41 Å². The number of nitrogens with one attached hydrogen (secondary N) is 1. The molecule has 5 heteroatoms. The molecule has 0 spiro atoms. The van der Waals surface area contributed by atoms with Crippen LogP contribution < -0.4 is 5.32 Å². The lowest BCUT2D eigenvalue weighted by atomic mass is 9.54. The van der Waals surface area contributed by atoms with Crippen molar-refractivity contribution in [3.63, 3.8) is 0 Å². The van der Waals surface area contributed by atoms with E-state index in [9.17, 15) is 9.90 Å². The minimum atomic E-state index is -0.556. The van der Waals surface area contributed by atoms with Crippen molar-refractivity contribution in [3.8, 4) is 0 Å². The van der Waals surface area contributed by atoms with Crippen LogP contribution in [0.15, 0.2) is 0 Å². The van der Waals surface area contributed by atoms with Gasteiger partial charge in [-0.2, -0.15) is 0 Å². The number of carbonyl (C=O) groups is 1. The summed E-state index contributed by atoms with van der Waals surface area (Å²) < 4.78 is 5.64. The highest BCUT2D eigenvalue weighted by Crippen LogP contribution is 2.51. The fourth-order valence-corrected chi connectivity index (χ4v) is 2.59. The number of carbonyl (C=O) groups excluding carboxylic acids is 1. The second-order valence-electron chi connectivity index (χ2n) is 5.90. The first-order valence-electron chi connectivity index (χ1n) is 6.47. The lowest BCUT2D eigenvalue weighted by molar-refractivity contribution is -0.181. The fourth-order valence-electron chi connectivity index (χ4n) is 2.59. The molecule has 2 N–H and O–H groups in total. The lowest BCUT2D eigenvalue weighted by Gasteiger charge is -2.60. The van der Waals surface area contributed by atoms with Gasteiger partial charge in [-0.05, 0) is 21.0 Å². The molecule has 1 rings (SSSR count). The number of aliphatic hydroxyl groups is 1. The summed E-state index contributed by atoms with van der Waals surface area (Å²) in [7, 11) is 3.69. The molecule has 1 aliphatic rings. The number of likely N-dealkylation sites (N-methyl/N-ethyl adjacent to an activating group) is 1. The maximum absolute atomic E-state index is 11.9. The van der Waals surface area contributed by atoms with Crippen molar-refractivity contribution < 1.29 is 14.6 Å². The molecule has 0 heterocycles. The molecule has 0 unspecified atom stereocenters. The van der Waals surface area contributed by atoms with Gasteiger partial charge in [-0.3, -0.25) is 4.79 Å². The third-order valence-corrected chi connectivity index (χ3v) is 4.05. The Balaban J connectivity index is 2.69. The number of aliphatic hydroxyl groups excluding tert-OH is 1. The Morgan fingerprint density at radius 3 is 2.50 bits per heavy atom. The molecule has 1 aliphatic carbocycles. The van der Waals surface area contributed by atoms with Crippen LogP contribution in [-0.2, 0) is 9.53 Å². The maximum Gasteiger partial charge on any atom is 0.234 e. The monoisotopic (exact) mass is 258 g/mol. The predicted molar refractivity (Wildman–Crippen MR) is 70.3 cm³/mol. The maximum atomic E-state index is 11.9. The Kier molecular flexibility index (Phi) is 4.75. The van der Waals surface area contributed by atoms with Gasteiger partial charge in [-0.1, -0.05) is 13.8 Å². The quantitative estimate of drug-likeness (QED) is 0.716. The topological polar surface area (TPSA) is 61.8 Å². The first kappa shape index (κ1) is 15.4. The van der Waals surface area contributed by atoms with E-state index < -0.39 is 5.54 Å². The van der Waals surface area contributed by atoms with Gasteiger partial charge in [0, 0.05) is 18.4 Å². The molecular weight excluding hydrogens is 232 g/mol. The van der Waals surface area contributed by atoms with Crippen LogP contribution in [0.2, 0.25) is 0 Å². The third-order valence-electron chi connectivity index (χ3n) is 4.05. The Hall–Kier alpha value is -0.650. The summed E-state index contributed by atoms with van der Waals surface area (Å²) in [6, 6.07) is 0. The SMILES string of the molecule is CCO[C@@H]1C[C@@](CO)(NC(=O)CN(C)C)C1(C)C. The van der Waals surface area contributed by atoms with Crippen molar-refractivity contribution in [3.05, 3.63) is 0 Å². The summed E-state index contributed by atoms with van der Waals surface area (Å²) in [6.07, 6.45) is 0.762. The number of ether oxygens (including phenoxy) is 1. The van der Waals surface area contributed by atoms with E-state index in [2.05, 4.69) is 5.32 Å². The Labute approximate surface area is 109 Å². The average molecular weight is 258 g/mol. The molecule has 1 amide bonds. The number of rotatable bonds is 6. The smallest absolute Gasteiger partial charge is 0.234 e. The third kappa shape index (κ3) is 2.68. The molecule has 0 aromatic carbocycles. The molecule has 0 saturated heterocycles. The van der Waals surface area contributed by atoms with Crippen LogP contribution in [0.25, 0.3) is 0 Å². The molecule has 1 saturated carbocycles. The molecule has 0 radical (unpaired) electrons. The van der Waals surface area contributed by atoms with Crippen molar-refractivity contribution in [1.82, 2.24) is 10.2 Å². The number of amides is 1. The van der Waals surface area contributed by atoms with E-state index >= 15 is 0 Å². The van der Waals surface area contributed by atoms with Crippen LogP contribution in [0.3, 0.4) is 0 Å². The first-order chi connectivity index (χ1) is 8.29. The summed E-state index contributed by atoms with van der Waals surface area (Å²) in [4.78, 5) is 13.7. The van der Waals surface area contributed by atoms with Gasteiger partial charge in [-0.25, -0.2) is 0 Å². The molecule has 18 heavy (non-hydrogen) atoms. The predicted octanol–water partition coefficient (Wildman–Crippen LogP) is 0.230. The van der Waals surface area contributed by atoms with Gasteiger partial charge < -0.3 is 20.1 Å². The minimum Gasteiger partial charge on any atom is -0.394 e. The van der Waals surface area contributed by atoms with E-state index in [1.54, 1.807) is 0 Å². The summed E-state index contributed by atoms with van der Waals surface area (Å²) >= 11 is 0. The number of nitrogens with zero attached hydrogens (tertiary/aromatic N) is 1. The molecule has 5 nitrogen and oxygen atoms in total. The average Bonchev–Trinajstić information content (AvgIpc) is 2.26. The van der Waals surface area contributed by atoms with Gasteiger partial charge in [0.1, 0.15) is 0 Å². The molecule has 2 atom stereocenters. The van der Waals surface area contributed by atoms with Crippen LogP contribution in [0, 0.1) is 5.41 Å². The zero-order chi connectivity index (χ0) is 14.0. The minimum absolute atomic E-state index is 0.0528. The summed E-state index contributed by atoms with van der Waals surface area (Å²) in [5.41, 5.74) is -0.806. The van der Waals surface area contributed by atoms with Gasteiger partial charge in [0.25, 0.3) is 0 Å². The first-order valence-corrected chi connectivity index (χ1v) is 6.47. The van der Waals surface area contributed by atoms with Crippen molar-refractivity contribution in [1.29, 1.82) is 0 Å². The fraction of sp³-hybridized carbons (Fsp3) is 0.923. The normalized spacial score (nSPS) is 30.1. The second-order valence-corrected chi connectivity index (χ2v) is 5.90. The van der Waals surface area contributed by atoms with Gasteiger partial charge >= 0.3 is 0 Å². The van der Waals surface area contributed by atoms with E-state index in [0.717, 1.165) is 0 Å². The highest BCUT2D eigenvalue weighted by molar-refractivity contribution is 5.79. The highest BCUT2D eigenvalue weighted by Gasteiger charge is 2.61. The Morgan fingerprint density at radius 2 is 2.11 bits per heavy atom. The van der Waals surface area contributed by atoms with E-state index in [1.807, 2.05) is 39.8 Å². The van der Waals surface area contributed by atoms with Crippen molar-refractivity contribution in [2.45, 2.75) is 38.8 Å². The number of hydrogen-bond acceptors (Lipinski definition) is 4. The van der Waals surface area contributed by atoms with E-state index in [4.69, 9.17) is 4.74 Å². The summed E-state index contributed by atoms with van der Waals surface area (Å²) in [6.45, 7) is 6.95.